The Kier molecular flexibility index (Phi) is 4.71. The molecule has 1 aromatic carbocycles. The van der Waals surface area contributed by atoms with Gasteiger partial charge in [-0.2, -0.15) is 5.10 Å². The van der Waals surface area contributed by atoms with Crippen molar-refractivity contribution in [3.05, 3.63) is 40.4 Å². The van der Waals surface area contributed by atoms with Crippen molar-refractivity contribution in [2.45, 2.75) is 6.04 Å². The van der Waals surface area contributed by atoms with E-state index in [9.17, 15) is 9.90 Å². The van der Waals surface area contributed by atoms with Gasteiger partial charge >= 0.3 is 0 Å². The third-order valence-corrected chi connectivity index (χ3v) is 3.43. The first-order chi connectivity index (χ1) is 10.1. The lowest BCUT2D eigenvalue weighted by atomic mass is 10.2. The van der Waals surface area contributed by atoms with Crippen LogP contribution < -0.4 is 10.1 Å². The van der Waals surface area contributed by atoms with Crippen LogP contribution in [0.1, 0.15) is 22.2 Å². The number of amides is 1. The van der Waals surface area contributed by atoms with E-state index in [4.69, 9.17) is 17.0 Å². The molecule has 0 aliphatic heterocycles. The lowest BCUT2D eigenvalue weighted by Gasteiger charge is -2.15. The van der Waals surface area contributed by atoms with Crippen LogP contribution in [-0.4, -0.2) is 39.5 Å². The topological polar surface area (TPSA) is 92.2 Å². The van der Waals surface area contributed by atoms with Gasteiger partial charge in [0, 0.05) is 12.6 Å². The lowest BCUT2D eigenvalue weighted by Crippen LogP contribution is -2.32. The van der Waals surface area contributed by atoms with Crippen molar-refractivity contribution in [2.24, 2.45) is 7.05 Å². The minimum atomic E-state index is -0.641. The molecule has 2 aromatic rings. The summed E-state index contributed by atoms with van der Waals surface area (Å²) in [6.45, 7) is -0.282. The van der Waals surface area contributed by atoms with Crippen LogP contribution in [0, 0.1) is 4.77 Å². The van der Waals surface area contributed by atoms with E-state index in [2.05, 4.69) is 15.5 Å². The number of hydrogen-bond donors (Lipinski definition) is 3. The molecule has 21 heavy (non-hydrogen) atoms. The van der Waals surface area contributed by atoms with Crippen LogP contribution in [0.2, 0.25) is 0 Å². The first-order valence-electron chi connectivity index (χ1n) is 6.24. The Bertz CT molecular complexity index is 677. The summed E-state index contributed by atoms with van der Waals surface area (Å²) in [5, 5.41) is 18.8. The van der Waals surface area contributed by atoms with Gasteiger partial charge in [0.05, 0.1) is 13.7 Å². The van der Waals surface area contributed by atoms with Crippen LogP contribution in [0.4, 0.5) is 0 Å². The molecule has 3 N–H and O–H groups in total. The fourth-order valence-electron chi connectivity index (χ4n) is 1.85. The smallest absolute Gasteiger partial charge is 0.251 e. The molecule has 1 amide bonds. The molecule has 0 aliphatic carbocycles. The minimum Gasteiger partial charge on any atom is -0.497 e. The Balaban J connectivity index is 2.16. The third kappa shape index (κ3) is 3.29. The molecule has 0 radical (unpaired) electrons. The number of rotatable bonds is 5. The summed E-state index contributed by atoms with van der Waals surface area (Å²) in [7, 11) is 3.27. The van der Waals surface area contributed by atoms with Crippen molar-refractivity contribution in [2.75, 3.05) is 13.7 Å². The van der Waals surface area contributed by atoms with E-state index in [0.717, 1.165) is 0 Å². The summed E-state index contributed by atoms with van der Waals surface area (Å²) < 4.78 is 7.06. The van der Waals surface area contributed by atoms with Crippen LogP contribution in [0.5, 0.6) is 5.75 Å². The second-order valence-electron chi connectivity index (χ2n) is 4.38. The summed E-state index contributed by atoms with van der Waals surface area (Å²) in [6.07, 6.45) is 0. The highest BCUT2D eigenvalue weighted by Gasteiger charge is 2.19. The first-order valence-corrected chi connectivity index (χ1v) is 6.64. The van der Waals surface area contributed by atoms with Gasteiger partial charge < -0.3 is 19.7 Å². The Morgan fingerprint density at radius 1 is 1.52 bits per heavy atom. The Morgan fingerprint density at radius 2 is 2.19 bits per heavy atom. The number of aromatic nitrogens is 3. The fourth-order valence-corrected chi connectivity index (χ4v) is 1.99. The fraction of sp³-hybridized carbons (Fsp3) is 0.308. The average Bonchev–Trinajstić information content (AvgIpc) is 2.84. The van der Waals surface area contributed by atoms with E-state index in [-0.39, 0.29) is 12.5 Å². The highest BCUT2D eigenvalue weighted by molar-refractivity contribution is 7.71. The molecule has 0 bridgehead atoms. The molecule has 0 saturated heterocycles. The zero-order valence-corrected chi connectivity index (χ0v) is 12.5. The van der Waals surface area contributed by atoms with E-state index in [1.54, 1.807) is 43.0 Å². The number of benzene rings is 1. The number of ether oxygens (including phenoxy) is 1. The quantitative estimate of drug-likeness (QED) is 0.715. The maximum Gasteiger partial charge on any atom is 0.251 e. The van der Waals surface area contributed by atoms with Crippen molar-refractivity contribution in [1.82, 2.24) is 20.1 Å². The molecule has 1 aromatic heterocycles. The van der Waals surface area contributed by atoms with Gasteiger partial charge in [-0.05, 0) is 36.5 Å². The monoisotopic (exact) mass is 308 g/mol. The summed E-state index contributed by atoms with van der Waals surface area (Å²) in [4.78, 5) is 12.2. The van der Waals surface area contributed by atoms with Crippen LogP contribution >= 0.6 is 12.2 Å². The van der Waals surface area contributed by atoms with Crippen molar-refractivity contribution >= 4 is 18.1 Å². The van der Waals surface area contributed by atoms with Gasteiger partial charge in [0.2, 0.25) is 0 Å². The highest BCUT2D eigenvalue weighted by Crippen LogP contribution is 2.13. The molecule has 1 heterocycles. The molecule has 8 heteroatoms. The number of aliphatic hydroxyl groups excluding tert-OH is 1. The van der Waals surface area contributed by atoms with Gasteiger partial charge in [-0.1, -0.05) is 0 Å². The molecule has 112 valence electrons. The molecule has 0 fully saturated rings. The molecule has 0 aliphatic rings. The van der Waals surface area contributed by atoms with Gasteiger partial charge in [-0.15, -0.1) is 0 Å². The lowest BCUT2D eigenvalue weighted by molar-refractivity contribution is 0.0912. The Labute approximate surface area is 126 Å². The van der Waals surface area contributed by atoms with Gasteiger partial charge in [0.1, 0.15) is 11.8 Å². The second kappa shape index (κ2) is 6.51. The predicted molar refractivity (Wildman–Crippen MR) is 78.7 cm³/mol. The number of hydrogen-bond acceptors (Lipinski definition) is 5. The Hall–Kier alpha value is -2.19. The first kappa shape index (κ1) is 15.2. The average molecular weight is 308 g/mol. The van der Waals surface area contributed by atoms with E-state index in [1.165, 1.54) is 0 Å². The number of nitrogens with one attached hydrogen (secondary N) is 2. The van der Waals surface area contributed by atoms with Crippen molar-refractivity contribution in [3.8, 4) is 5.75 Å². The molecule has 0 unspecified atom stereocenters. The van der Waals surface area contributed by atoms with Gasteiger partial charge in [-0.3, -0.25) is 9.89 Å². The minimum absolute atomic E-state index is 0.282. The van der Waals surface area contributed by atoms with E-state index < -0.39 is 6.04 Å². The summed E-state index contributed by atoms with van der Waals surface area (Å²) in [5.41, 5.74) is 0.464. The Morgan fingerprint density at radius 3 is 2.67 bits per heavy atom. The van der Waals surface area contributed by atoms with Crippen molar-refractivity contribution in [1.29, 1.82) is 0 Å². The SMILES string of the molecule is COc1ccc(C(=O)N[C@H](CO)c2n[nH]c(=S)n2C)cc1. The summed E-state index contributed by atoms with van der Waals surface area (Å²) in [6, 6.07) is 6.03. The number of carbonyl (C=O) groups is 1. The van der Waals surface area contributed by atoms with E-state index in [0.29, 0.717) is 21.9 Å². The number of H-pyrrole nitrogens is 1. The van der Waals surface area contributed by atoms with Gasteiger partial charge in [0.15, 0.2) is 10.6 Å². The zero-order chi connectivity index (χ0) is 15.4. The highest BCUT2D eigenvalue weighted by atomic mass is 32.1. The van der Waals surface area contributed by atoms with Crippen LogP contribution in [0.15, 0.2) is 24.3 Å². The predicted octanol–water partition coefficient (Wildman–Crippen LogP) is 0.950. The third-order valence-electron chi connectivity index (χ3n) is 3.07. The molecule has 7 nitrogen and oxygen atoms in total. The van der Waals surface area contributed by atoms with Gasteiger partial charge in [0.25, 0.3) is 5.91 Å². The maximum atomic E-state index is 12.2. The number of carbonyl (C=O) groups excluding carboxylic acids is 1. The molecule has 0 saturated carbocycles. The van der Waals surface area contributed by atoms with Gasteiger partial charge in [-0.25, -0.2) is 0 Å². The summed E-state index contributed by atoms with van der Waals surface area (Å²) in [5.74, 6) is 0.815. The molecular formula is C13H16N4O3S. The van der Waals surface area contributed by atoms with Crippen LogP contribution in [-0.2, 0) is 7.05 Å². The van der Waals surface area contributed by atoms with Crippen LogP contribution in [0.3, 0.4) is 0 Å². The molecular weight excluding hydrogens is 292 g/mol. The van der Waals surface area contributed by atoms with E-state index >= 15 is 0 Å². The number of aliphatic hydroxyl groups is 1. The molecule has 2 rings (SSSR count). The summed E-state index contributed by atoms with van der Waals surface area (Å²) >= 11 is 5.01. The largest absolute Gasteiger partial charge is 0.497 e. The van der Waals surface area contributed by atoms with E-state index in [1.807, 2.05) is 0 Å². The van der Waals surface area contributed by atoms with Crippen molar-refractivity contribution < 1.29 is 14.6 Å². The number of aromatic amines is 1. The normalized spacial score (nSPS) is 12.0. The number of methoxy groups -OCH3 is 1. The zero-order valence-electron chi connectivity index (χ0n) is 11.7. The van der Waals surface area contributed by atoms with Crippen LogP contribution in [0.25, 0.3) is 0 Å². The molecule has 0 spiro atoms. The molecule has 1 atom stereocenters. The van der Waals surface area contributed by atoms with Crippen molar-refractivity contribution in [3.63, 3.8) is 0 Å². The second-order valence-corrected chi connectivity index (χ2v) is 4.77. The maximum absolute atomic E-state index is 12.2. The number of nitrogens with zero attached hydrogens (tertiary/aromatic N) is 2. The standard InChI is InChI=1S/C13H16N4O3S/c1-17-11(15-16-13(17)21)10(7-18)14-12(19)8-3-5-9(20-2)6-4-8/h3-6,10,18H,7H2,1-2H3,(H,14,19)(H,16,21)/t10-/m1/s1.